The maximum atomic E-state index is 11.4. The minimum Gasteiger partial charge on any atom is -0.398 e. The highest BCUT2D eigenvalue weighted by Crippen LogP contribution is 2.27. The standard InChI is InChI=1S/C10H11ClN2O/c11-8-6-7(3-4-9(8)12)13-5-1-2-10(13)14/h3-4,6H,1-2,5,12H2. The first kappa shape index (κ1) is 9.34. The van der Waals surface area contributed by atoms with Crippen molar-refractivity contribution in [1.29, 1.82) is 0 Å². The molecule has 0 spiro atoms. The largest absolute Gasteiger partial charge is 0.398 e. The number of carbonyl (C=O) groups excluding carboxylic acids is 1. The van der Waals surface area contributed by atoms with Gasteiger partial charge < -0.3 is 10.6 Å². The summed E-state index contributed by atoms with van der Waals surface area (Å²) in [7, 11) is 0. The normalized spacial score (nSPS) is 16.4. The Labute approximate surface area is 87.4 Å². The summed E-state index contributed by atoms with van der Waals surface area (Å²) in [5.41, 5.74) is 6.97. The van der Waals surface area contributed by atoms with Crippen LogP contribution >= 0.6 is 11.6 Å². The van der Waals surface area contributed by atoms with E-state index in [4.69, 9.17) is 17.3 Å². The van der Waals surface area contributed by atoms with Crippen LogP contribution in [0.2, 0.25) is 5.02 Å². The molecule has 4 heteroatoms. The summed E-state index contributed by atoms with van der Waals surface area (Å²) in [5, 5.41) is 0.502. The number of amides is 1. The third-order valence-electron chi connectivity index (χ3n) is 2.37. The second-order valence-electron chi connectivity index (χ2n) is 3.35. The minimum absolute atomic E-state index is 0.158. The first-order chi connectivity index (χ1) is 6.68. The van der Waals surface area contributed by atoms with Crippen LogP contribution in [0.3, 0.4) is 0 Å². The van der Waals surface area contributed by atoms with E-state index in [1.807, 2.05) is 6.07 Å². The van der Waals surface area contributed by atoms with Gasteiger partial charge in [0, 0.05) is 18.7 Å². The molecular formula is C10H11ClN2O. The molecule has 1 aromatic rings. The van der Waals surface area contributed by atoms with Crippen LogP contribution in [0.25, 0.3) is 0 Å². The van der Waals surface area contributed by atoms with Gasteiger partial charge in [0.1, 0.15) is 0 Å². The van der Waals surface area contributed by atoms with Gasteiger partial charge in [0.05, 0.1) is 10.7 Å². The Morgan fingerprint density at radius 1 is 1.43 bits per heavy atom. The van der Waals surface area contributed by atoms with Crippen molar-refractivity contribution >= 4 is 28.9 Å². The second-order valence-corrected chi connectivity index (χ2v) is 3.76. The molecule has 1 aliphatic heterocycles. The summed E-state index contributed by atoms with van der Waals surface area (Å²) in [6.45, 7) is 0.777. The fraction of sp³-hybridized carbons (Fsp3) is 0.300. The predicted octanol–water partition coefficient (Wildman–Crippen LogP) is 2.05. The summed E-state index contributed by atoms with van der Waals surface area (Å²) >= 11 is 5.88. The Morgan fingerprint density at radius 3 is 2.79 bits per heavy atom. The van der Waals surface area contributed by atoms with Gasteiger partial charge in [-0.15, -0.1) is 0 Å². The Bertz CT molecular complexity index is 378. The van der Waals surface area contributed by atoms with Gasteiger partial charge >= 0.3 is 0 Å². The second kappa shape index (κ2) is 3.50. The fourth-order valence-electron chi connectivity index (χ4n) is 1.61. The molecule has 14 heavy (non-hydrogen) atoms. The van der Waals surface area contributed by atoms with Crippen molar-refractivity contribution in [3.8, 4) is 0 Å². The van der Waals surface area contributed by atoms with Crippen LogP contribution in [0.1, 0.15) is 12.8 Å². The van der Waals surface area contributed by atoms with Gasteiger partial charge in [0.25, 0.3) is 0 Å². The Morgan fingerprint density at radius 2 is 2.21 bits per heavy atom. The van der Waals surface area contributed by atoms with E-state index in [0.29, 0.717) is 17.1 Å². The lowest BCUT2D eigenvalue weighted by molar-refractivity contribution is -0.117. The zero-order valence-electron chi connectivity index (χ0n) is 7.66. The number of rotatable bonds is 1. The molecule has 2 rings (SSSR count). The quantitative estimate of drug-likeness (QED) is 0.722. The van der Waals surface area contributed by atoms with Gasteiger partial charge in [0.2, 0.25) is 5.91 Å². The molecule has 0 radical (unpaired) electrons. The third-order valence-corrected chi connectivity index (χ3v) is 2.70. The zero-order valence-corrected chi connectivity index (χ0v) is 8.42. The van der Waals surface area contributed by atoms with E-state index in [-0.39, 0.29) is 5.91 Å². The molecule has 3 nitrogen and oxygen atoms in total. The molecule has 74 valence electrons. The molecule has 1 heterocycles. The lowest BCUT2D eigenvalue weighted by Crippen LogP contribution is -2.23. The van der Waals surface area contributed by atoms with E-state index in [1.165, 1.54) is 0 Å². The lowest BCUT2D eigenvalue weighted by Gasteiger charge is -2.16. The maximum Gasteiger partial charge on any atom is 0.227 e. The van der Waals surface area contributed by atoms with Gasteiger partial charge in [-0.2, -0.15) is 0 Å². The molecule has 0 bridgehead atoms. The Hall–Kier alpha value is -1.22. The van der Waals surface area contributed by atoms with Crippen molar-refractivity contribution in [2.75, 3.05) is 17.2 Å². The molecule has 2 N–H and O–H groups in total. The number of nitrogen functional groups attached to an aromatic ring is 1. The van der Waals surface area contributed by atoms with Crippen molar-refractivity contribution < 1.29 is 4.79 Å². The lowest BCUT2D eigenvalue weighted by atomic mass is 10.2. The number of nitrogens with zero attached hydrogens (tertiary/aromatic N) is 1. The monoisotopic (exact) mass is 210 g/mol. The topological polar surface area (TPSA) is 46.3 Å². The number of carbonyl (C=O) groups is 1. The van der Waals surface area contributed by atoms with Crippen LogP contribution in [-0.4, -0.2) is 12.5 Å². The molecule has 0 aromatic heterocycles. The number of hydrogen-bond acceptors (Lipinski definition) is 2. The van der Waals surface area contributed by atoms with Gasteiger partial charge in [-0.25, -0.2) is 0 Å². The summed E-state index contributed by atoms with van der Waals surface area (Å²) in [6.07, 6.45) is 1.54. The number of hydrogen-bond donors (Lipinski definition) is 1. The van der Waals surface area contributed by atoms with Crippen molar-refractivity contribution in [3.05, 3.63) is 23.2 Å². The van der Waals surface area contributed by atoms with E-state index in [0.717, 1.165) is 18.7 Å². The van der Waals surface area contributed by atoms with Gasteiger partial charge in [0.15, 0.2) is 0 Å². The highest BCUT2D eigenvalue weighted by atomic mass is 35.5. The maximum absolute atomic E-state index is 11.4. The average Bonchev–Trinajstić information content (AvgIpc) is 2.57. The molecule has 0 aliphatic carbocycles. The Balaban J connectivity index is 2.32. The number of nitrogens with two attached hydrogens (primary N) is 1. The van der Waals surface area contributed by atoms with E-state index in [1.54, 1.807) is 17.0 Å². The first-order valence-corrected chi connectivity index (χ1v) is 4.91. The number of halogens is 1. The van der Waals surface area contributed by atoms with Gasteiger partial charge in [-0.3, -0.25) is 4.79 Å². The average molecular weight is 211 g/mol. The van der Waals surface area contributed by atoms with Gasteiger partial charge in [-0.1, -0.05) is 11.6 Å². The highest BCUT2D eigenvalue weighted by molar-refractivity contribution is 6.33. The smallest absolute Gasteiger partial charge is 0.227 e. The summed E-state index contributed by atoms with van der Waals surface area (Å²) in [4.78, 5) is 13.2. The first-order valence-electron chi connectivity index (χ1n) is 4.54. The van der Waals surface area contributed by atoms with Crippen molar-refractivity contribution in [2.45, 2.75) is 12.8 Å². The summed E-state index contributed by atoms with van der Waals surface area (Å²) < 4.78 is 0. The van der Waals surface area contributed by atoms with Crippen molar-refractivity contribution in [3.63, 3.8) is 0 Å². The predicted molar refractivity (Wildman–Crippen MR) is 57.5 cm³/mol. The van der Waals surface area contributed by atoms with Gasteiger partial charge in [-0.05, 0) is 24.6 Å². The van der Waals surface area contributed by atoms with E-state index >= 15 is 0 Å². The molecule has 1 saturated heterocycles. The highest BCUT2D eigenvalue weighted by Gasteiger charge is 2.21. The van der Waals surface area contributed by atoms with Crippen LogP contribution in [0.15, 0.2) is 18.2 Å². The number of benzene rings is 1. The molecule has 0 atom stereocenters. The molecule has 0 saturated carbocycles. The number of anilines is 2. The van der Waals surface area contributed by atoms with Crippen LogP contribution < -0.4 is 10.6 Å². The Kier molecular flexibility index (Phi) is 2.33. The molecule has 0 unspecified atom stereocenters. The van der Waals surface area contributed by atoms with E-state index < -0.39 is 0 Å². The van der Waals surface area contributed by atoms with E-state index in [9.17, 15) is 4.79 Å². The van der Waals surface area contributed by atoms with Crippen LogP contribution in [0.4, 0.5) is 11.4 Å². The molecule has 1 aromatic carbocycles. The van der Waals surface area contributed by atoms with Crippen LogP contribution in [0, 0.1) is 0 Å². The van der Waals surface area contributed by atoms with E-state index in [2.05, 4.69) is 0 Å². The SMILES string of the molecule is Nc1ccc(N2CCCC2=O)cc1Cl. The summed E-state index contributed by atoms with van der Waals surface area (Å²) in [5.74, 6) is 0.158. The third kappa shape index (κ3) is 1.55. The minimum atomic E-state index is 0.158. The summed E-state index contributed by atoms with van der Waals surface area (Å²) in [6, 6.07) is 5.29. The van der Waals surface area contributed by atoms with Crippen molar-refractivity contribution in [1.82, 2.24) is 0 Å². The fourth-order valence-corrected chi connectivity index (χ4v) is 1.78. The zero-order chi connectivity index (χ0) is 10.1. The van der Waals surface area contributed by atoms with Crippen LogP contribution in [-0.2, 0) is 4.79 Å². The molecule has 1 aliphatic rings. The molecule has 1 fully saturated rings. The molecule has 1 amide bonds. The molecular weight excluding hydrogens is 200 g/mol. The van der Waals surface area contributed by atoms with Crippen molar-refractivity contribution in [2.24, 2.45) is 0 Å². The van der Waals surface area contributed by atoms with Crippen LogP contribution in [0.5, 0.6) is 0 Å².